The quantitative estimate of drug-likeness (QED) is 0.830. The Kier molecular flexibility index (Phi) is 3.20. The summed E-state index contributed by atoms with van der Waals surface area (Å²) in [6.07, 6.45) is 3.49. The van der Waals surface area contributed by atoms with Crippen LogP contribution in [0, 0.1) is 20.8 Å². The van der Waals surface area contributed by atoms with E-state index in [1.807, 2.05) is 0 Å². The molecule has 0 aliphatic heterocycles. The van der Waals surface area contributed by atoms with Crippen molar-refractivity contribution in [2.45, 2.75) is 52.2 Å². The van der Waals surface area contributed by atoms with Crippen LogP contribution in [0.2, 0.25) is 0 Å². The normalized spacial score (nSPS) is 24.8. The van der Waals surface area contributed by atoms with E-state index in [4.69, 9.17) is 10.5 Å². The molecule has 1 fully saturated rings. The molecule has 2 N–H and O–H groups in total. The number of nitrogens with two attached hydrogens (primary N) is 1. The van der Waals surface area contributed by atoms with Crippen LogP contribution in [-0.2, 0) is 0 Å². The fraction of sp³-hybridized carbons (Fsp3) is 0.571. The average molecular weight is 219 g/mol. The first-order chi connectivity index (χ1) is 7.56. The van der Waals surface area contributed by atoms with Crippen molar-refractivity contribution in [1.29, 1.82) is 0 Å². The van der Waals surface area contributed by atoms with Crippen molar-refractivity contribution in [3.8, 4) is 5.75 Å². The minimum absolute atomic E-state index is 0.315. The van der Waals surface area contributed by atoms with E-state index in [0.29, 0.717) is 12.1 Å². The Hall–Kier alpha value is -1.02. The molecule has 0 amide bonds. The summed E-state index contributed by atoms with van der Waals surface area (Å²) in [6, 6.07) is 4.66. The van der Waals surface area contributed by atoms with Crippen LogP contribution in [0.15, 0.2) is 12.1 Å². The highest BCUT2D eigenvalue weighted by atomic mass is 16.5. The minimum atomic E-state index is 0.315. The lowest BCUT2D eigenvalue weighted by Crippen LogP contribution is -2.19. The SMILES string of the molecule is Cc1cc(C)c(C)c(OC2CCC(N)C2)c1. The largest absolute Gasteiger partial charge is 0.490 e. The maximum Gasteiger partial charge on any atom is 0.123 e. The number of rotatable bonds is 2. The Morgan fingerprint density at radius 1 is 1.19 bits per heavy atom. The number of hydrogen-bond donors (Lipinski definition) is 1. The molecule has 0 radical (unpaired) electrons. The van der Waals surface area contributed by atoms with Gasteiger partial charge in [0.25, 0.3) is 0 Å². The maximum absolute atomic E-state index is 6.06. The minimum Gasteiger partial charge on any atom is -0.490 e. The van der Waals surface area contributed by atoms with Crippen molar-refractivity contribution in [2.24, 2.45) is 5.73 Å². The molecule has 16 heavy (non-hydrogen) atoms. The maximum atomic E-state index is 6.06. The molecule has 88 valence electrons. The second kappa shape index (κ2) is 4.46. The number of ether oxygens (including phenoxy) is 1. The van der Waals surface area contributed by atoms with Crippen LogP contribution in [0.25, 0.3) is 0 Å². The van der Waals surface area contributed by atoms with Crippen LogP contribution in [0.3, 0.4) is 0 Å². The zero-order valence-electron chi connectivity index (χ0n) is 10.4. The average Bonchev–Trinajstić information content (AvgIpc) is 2.60. The summed E-state index contributed by atoms with van der Waals surface area (Å²) in [5, 5.41) is 0. The summed E-state index contributed by atoms with van der Waals surface area (Å²) in [5.74, 6) is 1.04. The second-order valence-electron chi connectivity index (χ2n) is 5.02. The van der Waals surface area contributed by atoms with Gasteiger partial charge in [0, 0.05) is 6.04 Å². The third-order valence-corrected chi connectivity index (χ3v) is 3.48. The van der Waals surface area contributed by atoms with Crippen LogP contribution < -0.4 is 10.5 Å². The van der Waals surface area contributed by atoms with Crippen LogP contribution in [0.4, 0.5) is 0 Å². The van der Waals surface area contributed by atoms with Crippen molar-refractivity contribution in [2.75, 3.05) is 0 Å². The van der Waals surface area contributed by atoms with Gasteiger partial charge in [0.15, 0.2) is 0 Å². The van der Waals surface area contributed by atoms with Gasteiger partial charge in [0.1, 0.15) is 11.9 Å². The molecular weight excluding hydrogens is 198 g/mol. The van der Waals surface area contributed by atoms with Crippen LogP contribution in [0.5, 0.6) is 5.75 Å². The smallest absolute Gasteiger partial charge is 0.123 e. The molecule has 0 spiro atoms. The van der Waals surface area contributed by atoms with Crippen molar-refractivity contribution < 1.29 is 4.74 Å². The first kappa shape index (κ1) is 11.5. The molecule has 2 rings (SSSR count). The van der Waals surface area contributed by atoms with E-state index in [2.05, 4.69) is 32.9 Å². The van der Waals surface area contributed by atoms with E-state index in [1.54, 1.807) is 0 Å². The van der Waals surface area contributed by atoms with E-state index >= 15 is 0 Å². The molecule has 1 aromatic rings. The summed E-state index contributed by atoms with van der Waals surface area (Å²) < 4.78 is 6.06. The molecule has 2 unspecified atom stereocenters. The van der Waals surface area contributed by atoms with Gasteiger partial charge >= 0.3 is 0 Å². The van der Waals surface area contributed by atoms with Gasteiger partial charge in [-0.3, -0.25) is 0 Å². The molecule has 0 aromatic heterocycles. The Bertz CT molecular complexity index is 387. The van der Waals surface area contributed by atoms with Crippen molar-refractivity contribution >= 4 is 0 Å². The first-order valence-corrected chi connectivity index (χ1v) is 6.06. The third kappa shape index (κ3) is 2.38. The van der Waals surface area contributed by atoms with Gasteiger partial charge in [0.05, 0.1) is 0 Å². The Labute approximate surface area is 97.8 Å². The highest BCUT2D eigenvalue weighted by Crippen LogP contribution is 2.28. The zero-order chi connectivity index (χ0) is 11.7. The highest BCUT2D eigenvalue weighted by molar-refractivity contribution is 5.42. The first-order valence-electron chi connectivity index (χ1n) is 6.06. The number of aryl methyl sites for hydroxylation is 2. The number of benzene rings is 1. The Morgan fingerprint density at radius 3 is 2.56 bits per heavy atom. The van der Waals surface area contributed by atoms with Gasteiger partial charge in [0.2, 0.25) is 0 Å². The van der Waals surface area contributed by atoms with E-state index in [9.17, 15) is 0 Å². The Morgan fingerprint density at radius 2 is 1.94 bits per heavy atom. The standard InChI is InChI=1S/C14H21NO/c1-9-6-10(2)11(3)14(7-9)16-13-5-4-12(15)8-13/h6-7,12-13H,4-5,8,15H2,1-3H3. The molecule has 1 aliphatic carbocycles. The fourth-order valence-corrected chi connectivity index (χ4v) is 2.38. The van der Waals surface area contributed by atoms with Gasteiger partial charge in [-0.25, -0.2) is 0 Å². The molecule has 2 heteroatoms. The Balaban J connectivity index is 2.15. The van der Waals surface area contributed by atoms with Gasteiger partial charge in [-0.1, -0.05) is 6.07 Å². The molecule has 2 nitrogen and oxygen atoms in total. The summed E-state index contributed by atoms with van der Waals surface area (Å²) >= 11 is 0. The predicted molar refractivity (Wildman–Crippen MR) is 66.9 cm³/mol. The molecule has 1 aliphatic rings. The molecule has 2 atom stereocenters. The lowest BCUT2D eigenvalue weighted by atomic mass is 10.1. The van der Waals surface area contributed by atoms with Crippen LogP contribution in [-0.4, -0.2) is 12.1 Å². The van der Waals surface area contributed by atoms with Gasteiger partial charge < -0.3 is 10.5 Å². The van der Waals surface area contributed by atoms with Gasteiger partial charge in [-0.15, -0.1) is 0 Å². The molecule has 0 saturated heterocycles. The van der Waals surface area contributed by atoms with Crippen molar-refractivity contribution in [1.82, 2.24) is 0 Å². The van der Waals surface area contributed by atoms with E-state index in [0.717, 1.165) is 25.0 Å². The summed E-state index contributed by atoms with van der Waals surface area (Å²) in [5.41, 5.74) is 9.72. The lowest BCUT2D eigenvalue weighted by molar-refractivity contribution is 0.206. The number of hydrogen-bond acceptors (Lipinski definition) is 2. The van der Waals surface area contributed by atoms with Crippen LogP contribution in [0.1, 0.15) is 36.0 Å². The zero-order valence-corrected chi connectivity index (χ0v) is 10.4. The summed E-state index contributed by atoms with van der Waals surface area (Å²) in [7, 11) is 0. The third-order valence-electron chi connectivity index (χ3n) is 3.48. The van der Waals surface area contributed by atoms with Gasteiger partial charge in [-0.05, 0) is 62.8 Å². The second-order valence-corrected chi connectivity index (χ2v) is 5.02. The molecule has 0 bridgehead atoms. The van der Waals surface area contributed by atoms with E-state index in [1.165, 1.54) is 16.7 Å². The monoisotopic (exact) mass is 219 g/mol. The van der Waals surface area contributed by atoms with Crippen LogP contribution >= 0.6 is 0 Å². The van der Waals surface area contributed by atoms with E-state index in [-0.39, 0.29) is 0 Å². The topological polar surface area (TPSA) is 35.2 Å². The summed E-state index contributed by atoms with van der Waals surface area (Å²) in [4.78, 5) is 0. The molecule has 1 aromatic carbocycles. The van der Waals surface area contributed by atoms with Crippen molar-refractivity contribution in [3.05, 3.63) is 28.8 Å². The summed E-state index contributed by atoms with van der Waals surface area (Å²) in [6.45, 7) is 6.37. The highest BCUT2D eigenvalue weighted by Gasteiger charge is 2.23. The predicted octanol–water partition coefficient (Wildman–Crippen LogP) is 2.87. The lowest BCUT2D eigenvalue weighted by Gasteiger charge is -2.17. The van der Waals surface area contributed by atoms with Gasteiger partial charge in [-0.2, -0.15) is 0 Å². The van der Waals surface area contributed by atoms with E-state index < -0.39 is 0 Å². The fourth-order valence-electron chi connectivity index (χ4n) is 2.38. The van der Waals surface area contributed by atoms with Crippen molar-refractivity contribution in [3.63, 3.8) is 0 Å². The molecule has 0 heterocycles. The molecule has 1 saturated carbocycles. The molecular formula is C14H21NO.